The molecular weight excluding hydrogens is 280 g/mol. The van der Waals surface area contributed by atoms with Gasteiger partial charge in [-0.25, -0.2) is 8.42 Å². The molecule has 2 aromatic rings. The van der Waals surface area contributed by atoms with Crippen LogP contribution in [0.4, 0.5) is 0 Å². The van der Waals surface area contributed by atoms with Crippen molar-refractivity contribution in [3.63, 3.8) is 0 Å². The van der Waals surface area contributed by atoms with Crippen LogP contribution in [-0.2, 0) is 10.0 Å². The van der Waals surface area contributed by atoms with Crippen molar-refractivity contribution in [3.8, 4) is 0 Å². The van der Waals surface area contributed by atoms with Gasteiger partial charge in [0.05, 0.1) is 0 Å². The number of rotatable bonds is 3. The Kier molecular flexibility index (Phi) is 3.27. The van der Waals surface area contributed by atoms with Crippen LogP contribution in [0.3, 0.4) is 0 Å². The van der Waals surface area contributed by atoms with Crippen LogP contribution in [0, 0.1) is 6.92 Å². The minimum Gasteiger partial charge on any atom is -0.338 e. The average molecular weight is 294 g/mol. The molecule has 1 saturated heterocycles. The Bertz CT molecular complexity index is 699. The van der Waals surface area contributed by atoms with E-state index in [1.54, 1.807) is 19.2 Å². The quantitative estimate of drug-likeness (QED) is 0.847. The summed E-state index contributed by atoms with van der Waals surface area (Å²) in [5.74, 6) is 0.859. The second-order valence-electron chi connectivity index (χ2n) is 4.64. The molecule has 106 valence electrons. The number of hydrogen-bond donors (Lipinski definition) is 0. The minimum absolute atomic E-state index is 0.183. The first kappa shape index (κ1) is 13.2. The molecule has 1 fully saturated rings. The fraction of sp³-hybridized carbons (Fsp3) is 0.417. The molecule has 20 heavy (non-hydrogen) atoms. The van der Waals surface area contributed by atoms with Gasteiger partial charge in [-0.15, -0.1) is 0 Å². The second kappa shape index (κ2) is 4.95. The van der Waals surface area contributed by atoms with Crippen molar-refractivity contribution >= 4 is 10.0 Å². The molecule has 7 nitrogen and oxygen atoms in total. The molecule has 3 rings (SSSR count). The van der Waals surface area contributed by atoms with Gasteiger partial charge in [-0.2, -0.15) is 9.29 Å². The van der Waals surface area contributed by atoms with Gasteiger partial charge < -0.3 is 4.52 Å². The normalized spacial score (nSPS) is 20.4. The van der Waals surface area contributed by atoms with E-state index in [4.69, 9.17) is 4.52 Å². The van der Waals surface area contributed by atoms with Crippen molar-refractivity contribution in [1.82, 2.24) is 19.4 Å². The van der Waals surface area contributed by atoms with Crippen molar-refractivity contribution in [2.75, 3.05) is 6.54 Å². The third-order valence-electron chi connectivity index (χ3n) is 3.27. The highest BCUT2D eigenvalue weighted by Crippen LogP contribution is 2.35. The summed E-state index contributed by atoms with van der Waals surface area (Å²) in [7, 11) is -3.58. The van der Waals surface area contributed by atoms with Gasteiger partial charge in [0.1, 0.15) is 10.9 Å². The summed E-state index contributed by atoms with van der Waals surface area (Å²) in [4.78, 5) is 8.20. The van der Waals surface area contributed by atoms with Crippen LogP contribution < -0.4 is 0 Å². The summed E-state index contributed by atoms with van der Waals surface area (Å²) < 4.78 is 31.8. The molecule has 0 aliphatic carbocycles. The van der Waals surface area contributed by atoms with Gasteiger partial charge >= 0.3 is 0 Å². The van der Waals surface area contributed by atoms with Crippen LogP contribution in [0.15, 0.2) is 33.9 Å². The number of aromatic nitrogens is 3. The van der Waals surface area contributed by atoms with Crippen molar-refractivity contribution < 1.29 is 12.9 Å². The first-order chi connectivity index (χ1) is 9.59. The summed E-state index contributed by atoms with van der Waals surface area (Å²) in [5.41, 5.74) is 0. The molecule has 0 N–H and O–H groups in total. The van der Waals surface area contributed by atoms with E-state index in [0.29, 0.717) is 24.7 Å². The lowest BCUT2D eigenvalue weighted by atomic mass is 10.2. The van der Waals surface area contributed by atoms with E-state index in [1.165, 1.54) is 16.6 Å². The molecule has 8 heteroatoms. The van der Waals surface area contributed by atoms with Crippen LogP contribution in [0.25, 0.3) is 0 Å². The van der Waals surface area contributed by atoms with Gasteiger partial charge in [0, 0.05) is 18.9 Å². The predicted octanol–water partition coefficient (Wildman–Crippen LogP) is 1.30. The molecule has 3 heterocycles. The molecule has 0 saturated carbocycles. The average Bonchev–Trinajstić information content (AvgIpc) is 3.08. The molecule has 1 atom stereocenters. The van der Waals surface area contributed by atoms with Crippen molar-refractivity contribution in [1.29, 1.82) is 0 Å². The Morgan fingerprint density at radius 1 is 1.45 bits per heavy atom. The molecule has 1 aliphatic rings. The van der Waals surface area contributed by atoms with Crippen LogP contribution >= 0.6 is 0 Å². The van der Waals surface area contributed by atoms with Gasteiger partial charge in [0.2, 0.25) is 15.9 Å². The van der Waals surface area contributed by atoms with Crippen molar-refractivity contribution in [2.24, 2.45) is 0 Å². The van der Waals surface area contributed by atoms with Gasteiger partial charge in [0.15, 0.2) is 5.82 Å². The Labute approximate surface area is 116 Å². The number of sulfonamides is 1. The Hall–Kier alpha value is -1.80. The summed E-state index contributed by atoms with van der Waals surface area (Å²) in [6, 6.07) is 2.76. The van der Waals surface area contributed by atoms with E-state index in [1.807, 2.05) is 0 Å². The van der Waals surface area contributed by atoms with Crippen molar-refractivity contribution in [2.45, 2.75) is 30.7 Å². The number of pyridine rings is 1. The third-order valence-corrected chi connectivity index (χ3v) is 5.16. The number of nitrogens with zero attached hydrogens (tertiary/aromatic N) is 4. The lowest BCUT2D eigenvalue weighted by Crippen LogP contribution is -2.31. The van der Waals surface area contributed by atoms with Gasteiger partial charge in [0.25, 0.3) is 0 Å². The van der Waals surface area contributed by atoms with Crippen LogP contribution in [0.2, 0.25) is 0 Å². The fourth-order valence-corrected chi connectivity index (χ4v) is 3.97. The SMILES string of the molecule is Cc1noc([C@@H]2CCCN2S(=O)(=O)c2cccnc2)n1. The first-order valence-electron chi connectivity index (χ1n) is 6.31. The molecular formula is C12H14N4O3S. The molecule has 0 unspecified atom stereocenters. The Morgan fingerprint density at radius 2 is 2.30 bits per heavy atom. The predicted molar refractivity (Wildman–Crippen MR) is 69.1 cm³/mol. The molecule has 2 aromatic heterocycles. The first-order valence-corrected chi connectivity index (χ1v) is 7.75. The van der Waals surface area contributed by atoms with E-state index >= 15 is 0 Å². The lowest BCUT2D eigenvalue weighted by molar-refractivity contribution is 0.289. The number of aryl methyl sites for hydroxylation is 1. The minimum atomic E-state index is -3.58. The lowest BCUT2D eigenvalue weighted by Gasteiger charge is -2.21. The van der Waals surface area contributed by atoms with Crippen LogP contribution in [-0.4, -0.2) is 34.4 Å². The Morgan fingerprint density at radius 3 is 2.95 bits per heavy atom. The maximum Gasteiger partial charge on any atom is 0.245 e. The molecule has 0 bridgehead atoms. The van der Waals surface area contributed by atoms with Gasteiger partial charge in [-0.1, -0.05) is 5.16 Å². The molecule has 0 radical (unpaired) electrons. The standard InChI is InChI=1S/C12H14N4O3S/c1-9-14-12(19-15-9)11-5-3-7-16(11)20(17,18)10-4-2-6-13-8-10/h2,4,6,8,11H,3,5,7H2,1H3/t11-/m0/s1. The second-order valence-corrected chi connectivity index (χ2v) is 6.53. The highest BCUT2D eigenvalue weighted by atomic mass is 32.2. The summed E-state index contributed by atoms with van der Waals surface area (Å²) in [6.45, 7) is 2.16. The smallest absolute Gasteiger partial charge is 0.245 e. The van der Waals surface area contributed by atoms with Crippen LogP contribution in [0.1, 0.15) is 30.6 Å². The summed E-state index contributed by atoms with van der Waals surface area (Å²) in [5, 5.41) is 3.73. The summed E-state index contributed by atoms with van der Waals surface area (Å²) >= 11 is 0. The third kappa shape index (κ3) is 2.20. The zero-order valence-electron chi connectivity index (χ0n) is 10.9. The highest BCUT2D eigenvalue weighted by molar-refractivity contribution is 7.89. The highest BCUT2D eigenvalue weighted by Gasteiger charge is 2.39. The Balaban J connectivity index is 1.97. The van der Waals surface area contributed by atoms with E-state index in [0.717, 1.165) is 6.42 Å². The maximum absolute atomic E-state index is 12.6. The number of hydrogen-bond acceptors (Lipinski definition) is 6. The molecule has 0 aromatic carbocycles. The van der Waals surface area contributed by atoms with Gasteiger partial charge in [-0.3, -0.25) is 4.98 Å². The van der Waals surface area contributed by atoms with E-state index in [2.05, 4.69) is 15.1 Å². The van der Waals surface area contributed by atoms with E-state index in [9.17, 15) is 8.42 Å². The molecule has 0 spiro atoms. The monoisotopic (exact) mass is 294 g/mol. The largest absolute Gasteiger partial charge is 0.338 e. The topological polar surface area (TPSA) is 89.2 Å². The zero-order chi connectivity index (χ0) is 14.2. The molecule has 1 aliphatic heterocycles. The van der Waals surface area contributed by atoms with E-state index < -0.39 is 10.0 Å². The van der Waals surface area contributed by atoms with Crippen LogP contribution in [0.5, 0.6) is 0 Å². The molecule has 0 amide bonds. The van der Waals surface area contributed by atoms with E-state index in [-0.39, 0.29) is 10.9 Å². The maximum atomic E-state index is 12.6. The van der Waals surface area contributed by atoms with Gasteiger partial charge in [-0.05, 0) is 31.9 Å². The van der Waals surface area contributed by atoms with Crippen molar-refractivity contribution in [3.05, 3.63) is 36.2 Å². The summed E-state index contributed by atoms with van der Waals surface area (Å²) in [6.07, 6.45) is 4.35. The zero-order valence-corrected chi connectivity index (χ0v) is 11.7. The fourth-order valence-electron chi connectivity index (χ4n) is 2.36.